The molecule has 1 aliphatic heterocycles. The third kappa shape index (κ3) is 4.64. The Morgan fingerprint density at radius 3 is 2.70 bits per heavy atom. The molecule has 0 radical (unpaired) electrons. The standard InChI is InChI=1S/C18H19ClN2O5S/c1-27(23,24)21-12-17(26-16-9-5-3-7-14(16)21)18(22)20-10-11-25-15-8-4-2-6-13(15)19/h2-9,17H,10-12H2,1H3,(H,20,22)/t17-/m1/s1. The minimum atomic E-state index is -3.54. The van der Waals surface area contributed by atoms with Crippen molar-refractivity contribution in [2.24, 2.45) is 0 Å². The van der Waals surface area contributed by atoms with Gasteiger partial charge in [-0.2, -0.15) is 0 Å². The number of carbonyl (C=O) groups is 1. The number of amides is 1. The monoisotopic (exact) mass is 410 g/mol. The van der Waals surface area contributed by atoms with Crippen molar-refractivity contribution in [1.82, 2.24) is 5.32 Å². The summed E-state index contributed by atoms with van der Waals surface area (Å²) in [5.74, 6) is 0.460. The molecule has 1 heterocycles. The summed E-state index contributed by atoms with van der Waals surface area (Å²) in [6.45, 7) is 0.353. The van der Waals surface area contributed by atoms with Crippen LogP contribution in [0.3, 0.4) is 0 Å². The molecule has 0 spiro atoms. The molecule has 0 bridgehead atoms. The van der Waals surface area contributed by atoms with Gasteiger partial charge >= 0.3 is 0 Å². The van der Waals surface area contributed by atoms with Crippen molar-refractivity contribution in [3.63, 3.8) is 0 Å². The summed E-state index contributed by atoms with van der Waals surface area (Å²) in [7, 11) is -3.54. The van der Waals surface area contributed by atoms with Gasteiger partial charge in [-0.25, -0.2) is 8.42 Å². The second-order valence-corrected chi connectivity index (χ2v) is 8.25. The van der Waals surface area contributed by atoms with Gasteiger partial charge in [0.2, 0.25) is 10.0 Å². The minimum Gasteiger partial charge on any atom is -0.490 e. The van der Waals surface area contributed by atoms with Crippen LogP contribution in [0.25, 0.3) is 0 Å². The first-order chi connectivity index (χ1) is 12.9. The Morgan fingerprint density at radius 1 is 1.26 bits per heavy atom. The van der Waals surface area contributed by atoms with Crippen LogP contribution < -0.4 is 19.1 Å². The first kappa shape index (κ1) is 19.3. The van der Waals surface area contributed by atoms with Crippen molar-refractivity contribution in [3.05, 3.63) is 53.6 Å². The van der Waals surface area contributed by atoms with Gasteiger partial charge in [-0.05, 0) is 24.3 Å². The van der Waals surface area contributed by atoms with Crippen molar-refractivity contribution in [2.75, 3.05) is 30.3 Å². The molecule has 1 atom stereocenters. The van der Waals surface area contributed by atoms with Gasteiger partial charge in [-0.3, -0.25) is 9.10 Å². The lowest BCUT2D eigenvalue weighted by Gasteiger charge is -2.33. The summed E-state index contributed by atoms with van der Waals surface area (Å²) < 4.78 is 36.5. The number of carbonyl (C=O) groups excluding carboxylic acids is 1. The Hall–Kier alpha value is -2.45. The molecular formula is C18H19ClN2O5S. The van der Waals surface area contributed by atoms with E-state index in [4.69, 9.17) is 21.1 Å². The molecule has 9 heteroatoms. The summed E-state index contributed by atoms with van der Waals surface area (Å²) in [5.41, 5.74) is 0.422. The molecule has 1 aliphatic rings. The van der Waals surface area contributed by atoms with Gasteiger partial charge in [0.15, 0.2) is 6.10 Å². The molecule has 2 aromatic rings. The molecule has 0 saturated heterocycles. The molecule has 1 amide bonds. The Bertz CT molecular complexity index is 935. The maximum Gasteiger partial charge on any atom is 0.263 e. The molecular weight excluding hydrogens is 392 g/mol. The van der Waals surface area contributed by atoms with Crippen molar-refractivity contribution in [1.29, 1.82) is 0 Å². The number of nitrogens with one attached hydrogen (secondary N) is 1. The fourth-order valence-electron chi connectivity index (χ4n) is 2.66. The number of nitrogens with zero attached hydrogens (tertiary/aromatic N) is 1. The maximum absolute atomic E-state index is 12.4. The van der Waals surface area contributed by atoms with E-state index in [1.54, 1.807) is 48.5 Å². The lowest BCUT2D eigenvalue weighted by molar-refractivity contribution is -0.127. The summed E-state index contributed by atoms with van der Waals surface area (Å²) >= 11 is 6.00. The Morgan fingerprint density at radius 2 is 1.96 bits per heavy atom. The zero-order valence-corrected chi connectivity index (χ0v) is 16.2. The largest absolute Gasteiger partial charge is 0.490 e. The lowest BCUT2D eigenvalue weighted by Crippen LogP contribution is -2.51. The van der Waals surface area contributed by atoms with Gasteiger partial charge in [0.05, 0.1) is 30.1 Å². The second kappa shape index (κ2) is 8.06. The molecule has 0 aromatic heterocycles. The number of benzene rings is 2. The number of anilines is 1. The number of ether oxygens (including phenoxy) is 2. The van der Waals surface area contributed by atoms with Crippen LogP contribution in [0.1, 0.15) is 0 Å². The molecule has 144 valence electrons. The van der Waals surface area contributed by atoms with E-state index in [1.807, 2.05) is 0 Å². The third-order valence-corrected chi connectivity index (χ3v) is 5.38. The lowest BCUT2D eigenvalue weighted by atomic mass is 10.2. The van der Waals surface area contributed by atoms with Crippen LogP contribution in [-0.2, 0) is 14.8 Å². The smallest absolute Gasteiger partial charge is 0.263 e. The van der Waals surface area contributed by atoms with Gasteiger partial charge in [0.1, 0.15) is 18.1 Å². The number of para-hydroxylation sites is 3. The molecule has 1 N–H and O–H groups in total. The summed E-state index contributed by atoms with van der Waals surface area (Å²) in [6, 6.07) is 13.7. The average Bonchev–Trinajstić information content (AvgIpc) is 2.64. The molecule has 27 heavy (non-hydrogen) atoms. The quantitative estimate of drug-likeness (QED) is 0.737. The SMILES string of the molecule is CS(=O)(=O)N1C[C@H](C(=O)NCCOc2ccccc2Cl)Oc2ccccc21. The summed E-state index contributed by atoms with van der Waals surface area (Å²) in [4.78, 5) is 12.4. The topological polar surface area (TPSA) is 84.9 Å². The van der Waals surface area contributed by atoms with Gasteiger partial charge in [0, 0.05) is 0 Å². The second-order valence-electron chi connectivity index (χ2n) is 5.94. The number of halogens is 1. The van der Waals surface area contributed by atoms with Crippen LogP contribution in [0, 0.1) is 0 Å². The van der Waals surface area contributed by atoms with E-state index >= 15 is 0 Å². The average molecular weight is 411 g/mol. The van der Waals surface area contributed by atoms with E-state index < -0.39 is 22.0 Å². The van der Waals surface area contributed by atoms with Crippen molar-refractivity contribution in [2.45, 2.75) is 6.10 Å². The zero-order valence-electron chi connectivity index (χ0n) is 14.6. The summed E-state index contributed by atoms with van der Waals surface area (Å²) in [6.07, 6.45) is 0.150. The molecule has 0 unspecified atom stereocenters. The van der Waals surface area contributed by atoms with Crippen LogP contribution >= 0.6 is 11.6 Å². The zero-order chi connectivity index (χ0) is 19.4. The number of rotatable bonds is 6. The highest BCUT2D eigenvalue weighted by molar-refractivity contribution is 7.92. The minimum absolute atomic E-state index is 0.0902. The normalized spacial score (nSPS) is 16.2. The van der Waals surface area contributed by atoms with Crippen molar-refractivity contribution in [3.8, 4) is 11.5 Å². The maximum atomic E-state index is 12.4. The van der Waals surface area contributed by atoms with Crippen molar-refractivity contribution >= 4 is 33.2 Å². The van der Waals surface area contributed by atoms with Crippen LogP contribution in [0.2, 0.25) is 5.02 Å². The Balaban J connectivity index is 1.60. The number of fused-ring (bicyclic) bond motifs is 1. The molecule has 0 aliphatic carbocycles. The van der Waals surface area contributed by atoms with Crippen LogP contribution in [0.4, 0.5) is 5.69 Å². The van der Waals surface area contributed by atoms with Crippen LogP contribution in [0.15, 0.2) is 48.5 Å². The van der Waals surface area contributed by atoms with Gasteiger partial charge in [-0.1, -0.05) is 35.9 Å². The van der Waals surface area contributed by atoms with E-state index in [9.17, 15) is 13.2 Å². The third-order valence-electron chi connectivity index (χ3n) is 3.92. The molecule has 0 fully saturated rings. The highest BCUT2D eigenvalue weighted by Gasteiger charge is 2.34. The predicted molar refractivity (Wildman–Crippen MR) is 103 cm³/mol. The highest BCUT2D eigenvalue weighted by atomic mass is 35.5. The molecule has 7 nitrogen and oxygen atoms in total. The molecule has 2 aromatic carbocycles. The highest BCUT2D eigenvalue weighted by Crippen LogP contribution is 2.34. The number of hydrogen-bond donors (Lipinski definition) is 1. The number of sulfonamides is 1. The van der Waals surface area contributed by atoms with Gasteiger partial charge in [0.25, 0.3) is 5.91 Å². The predicted octanol–water partition coefficient (Wildman–Crippen LogP) is 2.06. The molecule has 0 saturated carbocycles. The number of hydrogen-bond acceptors (Lipinski definition) is 5. The van der Waals surface area contributed by atoms with Gasteiger partial charge in [-0.15, -0.1) is 0 Å². The Labute approximate surface area is 162 Å². The van der Waals surface area contributed by atoms with E-state index in [0.29, 0.717) is 22.2 Å². The first-order valence-corrected chi connectivity index (χ1v) is 10.5. The van der Waals surface area contributed by atoms with Gasteiger partial charge < -0.3 is 14.8 Å². The van der Waals surface area contributed by atoms with E-state index in [0.717, 1.165) is 6.26 Å². The fourth-order valence-corrected chi connectivity index (χ4v) is 3.77. The first-order valence-electron chi connectivity index (χ1n) is 8.24. The van der Waals surface area contributed by atoms with Crippen LogP contribution in [-0.4, -0.2) is 46.4 Å². The Kier molecular flexibility index (Phi) is 5.76. The van der Waals surface area contributed by atoms with Crippen molar-refractivity contribution < 1.29 is 22.7 Å². The van der Waals surface area contributed by atoms with E-state index in [1.165, 1.54) is 4.31 Å². The fraction of sp³-hybridized carbons (Fsp3) is 0.278. The van der Waals surface area contributed by atoms with E-state index in [-0.39, 0.29) is 19.7 Å². The molecule has 3 rings (SSSR count). The summed E-state index contributed by atoms with van der Waals surface area (Å²) in [5, 5.41) is 3.18. The van der Waals surface area contributed by atoms with E-state index in [2.05, 4.69) is 5.32 Å². The van der Waals surface area contributed by atoms with Crippen LogP contribution in [0.5, 0.6) is 11.5 Å².